The van der Waals surface area contributed by atoms with E-state index in [4.69, 9.17) is 18.8 Å². The largest absolute Gasteiger partial charge is 0.498 e. The van der Waals surface area contributed by atoms with Gasteiger partial charge in [-0.1, -0.05) is 12.1 Å². The number of hydrogen-bond donors (Lipinski definition) is 1. The average Bonchev–Trinajstić information content (AvgIpc) is 3.28. The fourth-order valence-corrected chi connectivity index (χ4v) is 3.48. The van der Waals surface area contributed by atoms with Gasteiger partial charge >= 0.3 is 7.12 Å². The quantitative estimate of drug-likeness (QED) is 0.838. The first-order valence-electron chi connectivity index (χ1n) is 8.41. The van der Waals surface area contributed by atoms with E-state index in [9.17, 15) is 4.79 Å². The van der Waals surface area contributed by atoms with E-state index in [1.807, 2.05) is 45.2 Å². The molecule has 0 aliphatic carbocycles. The van der Waals surface area contributed by atoms with Gasteiger partial charge in [0.1, 0.15) is 0 Å². The third kappa shape index (κ3) is 2.78. The van der Waals surface area contributed by atoms with Crippen LogP contribution in [0.15, 0.2) is 29.6 Å². The van der Waals surface area contributed by atoms with Crippen LogP contribution in [-0.4, -0.2) is 31.0 Å². The highest BCUT2D eigenvalue weighted by molar-refractivity contribution is 7.12. The van der Waals surface area contributed by atoms with Crippen LogP contribution < -0.4 is 20.3 Å². The Hall–Kier alpha value is -2.03. The van der Waals surface area contributed by atoms with Crippen LogP contribution in [0.4, 0.5) is 5.69 Å². The monoisotopic (exact) mass is 373 g/mol. The van der Waals surface area contributed by atoms with Crippen molar-refractivity contribution >= 4 is 35.5 Å². The van der Waals surface area contributed by atoms with E-state index in [1.165, 1.54) is 11.3 Å². The van der Waals surface area contributed by atoms with Crippen LogP contribution in [0.3, 0.4) is 0 Å². The summed E-state index contributed by atoms with van der Waals surface area (Å²) in [6.45, 7) is 8.09. The molecule has 0 saturated carbocycles. The molecule has 0 unspecified atom stereocenters. The van der Waals surface area contributed by atoms with Crippen molar-refractivity contribution in [3.05, 3.63) is 34.5 Å². The SMILES string of the molecule is CC1(C)OB(c2ccc(NC(=O)c3cccs3)c3c2OCO3)OC1(C)C. The summed E-state index contributed by atoms with van der Waals surface area (Å²) in [5.41, 5.74) is 0.424. The fourth-order valence-electron chi connectivity index (χ4n) is 2.86. The zero-order valence-corrected chi connectivity index (χ0v) is 15.9. The number of anilines is 1. The van der Waals surface area contributed by atoms with E-state index in [0.29, 0.717) is 22.1 Å². The second-order valence-electron chi connectivity index (χ2n) is 7.29. The van der Waals surface area contributed by atoms with Crippen molar-refractivity contribution in [2.24, 2.45) is 0 Å². The maximum absolute atomic E-state index is 12.3. The van der Waals surface area contributed by atoms with E-state index in [0.717, 1.165) is 5.46 Å². The van der Waals surface area contributed by atoms with Crippen LogP contribution in [0.1, 0.15) is 37.4 Å². The number of carbonyl (C=O) groups excluding carboxylic acids is 1. The van der Waals surface area contributed by atoms with Crippen molar-refractivity contribution < 1.29 is 23.6 Å². The third-order valence-electron chi connectivity index (χ3n) is 5.05. The van der Waals surface area contributed by atoms with Crippen molar-refractivity contribution in [1.29, 1.82) is 0 Å². The van der Waals surface area contributed by atoms with Crippen LogP contribution in [0.25, 0.3) is 0 Å². The number of fused-ring (bicyclic) bond motifs is 1. The average molecular weight is 373 g/mol. The molecule has 26 heavy (non-hydrogen) atoms. The molecule has 1 N–H and O–H groups in total. The zero-order chi connectivity index (χ0) is 18.5. The maximum Gasteiger partial charge on any atom is 0.498 e. The number of rotatable bonds is 3. The number of ether oxygens (including phenoxy) is 2. The second-order valence-corrected chi connectivity index (χ2v) is 8.23. The molecule has 136 valence electrons. The highest BCUT2D eigenvalue weighted by Gasteiger charge is 2.53. The number of benzene rings is 1. The normalized spacial score (nSPS) is 19.6. The Balaban J connectivity index is 1.64. The van der Waals surface area contributed by atoms with E-state index in [1.54, 1.807) is 12.1 Å². The Kier molecular flexibility index (Phi) is 4.02. The molecule has 0 radical (unpaired) electrons. The van der Waals surface area contributed by atoms with Gasteiger partial charge in [0.25, 0.3) is 5.91 Å². The Labute approximate surface area is 156 Å². The summed E-state index contributed by atoms with van der Waals surface area (Å²) in [6, 6.07) is 7.25. The lowest BCUT2D eigenvalue weighted by atomic mass is 9.78. The summed E-state index contributed by atoms with van der Waals surface area (Å²) in [7, 11) is -0.558. The van der Waals surface area contributed by atoms with E-state index in [2.05, 4.69) is 5.32 Å². The molecule has 1 fully saturated rings. The van der Waals surface area contributed by atoms with Gasteiger partial charge in [0.2, 0.25) is 6.79 Å². The highest BCUT2D eigenvalue weighted by atomic mass is 32.1. The topological polar surface area (TPSA) is 66.0 Å². The van der Waals surface area contributed by atoms with Crippen molar-refractivity contribution in [3.8, 4) is 11.5 Å². The lowest BCUT2D eigenvalue weighted by Gasteiger charge is -2.32. The van der Waals surface area contributed by atoms with Crippen LogP contribution in [-0.2, 0) is 9.31 Å². The summed E-state index contributed by atoms with van der Waals surface area (Å²) in [6.07, 6.45) is 0. The Morgan fingerprint density at radius 1 is 1.08 bits per heavy atom. The molecular formula is C18H20BNO5S. The first-order chi connectivity index (χ1) is 12.3. The van der Waals surface area contributed by atoms with Crippen LogP contribution in [0.5, 0.6) is 11.5 Å². The predicted molar refractivity (Wildman–Crippen MR) is 101 cm³/mol. The molecule has 6 nitrogen and oxygen atoms in total. The smallest absolute Gasteiger partial charge is 0.454 e. The van der Waals surface area contributed by atoms with E-state index < -0.39 is 18.3 Å². The van der Waals surface area contributed by atoms with Crippen LogP contribution >= 0.6 is 11.3 Å². The molecule has 2 aromatic rings. The molecule has 4 rings (SSSR count). The van der Waals surface area contributed by atoms with Gasteiger partial charge in [0.15, 0.2) is 11.5 Å². The first kappa shape index (κ1) is 17.4. The van der Waals surface area contributed by atoms with Gasteiger partial charge in [-0.25, -0.2) is 0 Å². The van der Waals surface area contributed by atoms with E-state index in [-0.39, 0.29) is 12.7 Å². The van der Waals surface area contributed by atoms with Crippen molar-refractivity contribution in [3.63, 3.8) is 0 Å². The number of carbonyl (C=O) groups is 1. The van der Waals surface area contributed by atoms with E-state index >= 15 is 0 Å². The van der Waals surface area contributed by atoms with Gasteiger partial charge in [0, 0.05) is 5.46 Å². The first-order valence-corrected chi connectivity index (χ1v) is 9.29. The number of thiophene rings is 1. The standard InChI is InChI=1S/C18H20BNO5S/c1-17(2)18(3,4)25-19(24-17)11-7-8-12(15-14(11)22-10-23-15)20-16(21)13-6-5-9-26-13/h5-9H,10H2,1-4H3,(H,20,21). The van der Waals surface area contributed by atoms with Gasteiger partial charge in [0.05, 0.1) is 21.8 Å². The summed E-state index contributed by atoms with van der Waals surface area (Å²) < 4.78 is 23.5. The highest BCUT2D eigenvalue weighted by Crippen LogP contribution is 2.42. The fraction of sp³-hybridized carbons (Fsp3) is 0.389. The third-order valence-corrected chi connectivity index (χ3v) is 5.92. The molecule has 0 bridgehead atoms. The van der Waals surface area contributed by atoms with Crippen molar-refractivity contribution in [2.45, 2.75) is 38.9 Å². The predicted octanol–water partition coefficient (Wildman–Crippen LogP) is 3.03. The molecule has 0 spiro atoms. The Morgan fingerprint density at radius 3 is 2.42 bits per heavy atom. The maximum atomic E-state index is 12.3. The van der Waals surface area contributed by atoms with Crippen molar-refractivity contribution in [1.82, 2.24) is 0 Å². The number of amides is 1. The Bertz CT molecular complexity index is 834. The zero-order valence-electron chi connectivity index (χ0n) is 15.1. The van der Waals surface area contributed by atoms with Gasteiger partial charge in [-0.3, -0.25) is 4.79 Å². The summed E-state index contributed by atoms with van der Waals surface area (Å²) in [5, 5.41) is 4.74. The lowest BCUT2D eigenvalue weighted by molar-refractivity contribution is 0.00578. The molecule has 1 aromatic carbocycles. The van der Waals surface area contributed by atoms with Gasteiger partial charge in [-0.2, -0.15) is 0 Å². The number of nitrogens with one attached hydrogen (secondary N) is 1. The van der Waals surface area contributed by atoms with Gasteiger partial charge in [-0.05, 0) is 45.2 Å². The molecule has 1 amide bonds. The van der Waals surface area contributed by atoms with Crippen molar-refractivity contribution in [2.75, 3.05) is 12.1 Å². The summed E-state index contributed by atoms with van der Waals surface area (Å²) >= 11 is 1.38. The molecule has 2 aliphatic rings. The summed E-state index contributed by atoms with van der Waals surface area (Å²) in [4.78, 5) is 13.0. The molecule has 8 heteroatoms. The number of hydrogen-bond acceptors (Lipinski definition) is 6. The minimum atomic E-state index is -0.558. The minimum Gasteiger partial charge on any atom is -0.454 e. The molecular weight excluding hydrogens is 353 g/mol. The van der Waals surface area contributed by atoms with Crippen LogP contribution in [0.2, 0.25) is 0 Å². The molecule has 1 aromatic heterocycles. The molecule has 3 heterocycles. The van der Waals surface area contributed by atoms with Crippen LogP contribution in [0, 0.1) is 0 Å². The summed E-state index contributed by atoms with van der Waals surface area (Å²) in [5.74, 6) is 0.871. The Morgan fingerprint density at radius 2 is 1.77 bits per heavy atom. The second kappa shape index (κ2) is 6.01. The van der Waals surface area contributed by atoms with Gasteiger partial charge in [-0.15, -0.1) is 11.3 Å². The van der Waals surface area contributed by atoms with Gasteiger partial charge < -0.3 is 24.1 Å². The molecule has 2 aliphatic heterocycles. The molecule has 1 saturated heterocycles. The molecule has 0 atom stereocenters. The lowest BCUT2D eigenvalue weighted by Crippen LogP contribution is -2.41. The minimum absolute atomic E-state index is 0.0910.